The van der Waals surface area contributed by atoms with E-state index in [9.17, 15) is 19.2 Å². The maximum Gasteiger partial charge on any atom is 0.246 e. The summed E-state index contributed by atoms with van der Waals surface area (Å²) in [5.41, 5.74) is 7.93. The van der Waals surface area contributed by atoms with Crippen molar-refractivity contribution < 1.29 is 23.9 Å². The van der Waals surface area contributed by atoms with E-state index >= 15 is 0 Å². The number of rotatable bonds is 17. The Hall–Kier alpha value is -3.52. The minimum Gasteiger partial charge on any atom is -0.368 e. The number of nitrogens with one attached hydrogen (secondary N) is 1. The third kappa shape index (κ3) is 9.79. The highest BCUT2D eigenvalue weighted by molar-refractivity contribution is 5.98. The lowest BCUT2D eigenvalue weighted by molar-refractivity contribution is -0.150. The number of amides is 3. The molecule has 5 atom stereocenters. The fourth-order valence-electron chi connectivity index (χ4n) is 5.42. The number of carbonyl (C=O) groups excluding carboxylic acids is 4. The number of hydrogen-bond acceptors (Lipinski definition) is 5. The Morgan fingerprint density at radius 2 is 1.40 bits per heavy atom. The largest absolute Gasteiger partial charge is 0.368 e. The van der Waals surface area contributed by atoms with Crippen LogP contribution in [0.2, 0.25) is 0 Å². The van der Waals surface area contributed by atoms with Gasteiger partial charge in [0.1, 0.15) is 18.2 Å². The van der Waals surface area contributed by atoms with Gasteiger partial charge in [0.15, 0.2) is 5.78 Å². The first-order chi connectivity index (χ1) is 20.0. The molecule has 0 bridgehead atoms. The molecule has 0 saturated carbocycles. The first-order valence-electron chi connectivity index (χ1n) is 15.2. The van der Waals surface area contributed by atoms with Gasteiger partial charge in [-0.2, -0.15) is 0 Å². The van der Waals surface area contributed by atoms with Crippen LogP contribution in [0.3, 0.4) is 0 Å². The number of nitrogens with two attached hydrogens (primary N) is 1. The van der Waals surface area contributed by atoms with Crippen molar-refractivity contribution in [1.29, 1.82) is 0 Å². The van der Waals surface area contributed by atoms with Crippen LogP contribution in [0.5, 0.6) is 0 Å². The van der Waals surface area contributed by atoms with Crippen LogP contribution >= 0.6 is 0 Å². The monoisotopic (exact) mass is 577 g/mol. The molecule has 3 rings (SSSR count). The van der Waals surface area contributed by atoms with Crippen molar-refractivity contribution in [3.63, 3.8) is 0 Å². The molecule has 3 amide bonds. The predicted octanol–water partition coefficient (Wildman–Crippen LogP) is 4.24. The minimum atomic E-state index is -1.08. The lowest BCUT2D eigenvalue weighted by Crippen LogP contribution is -2.62. The van der Waals surface area contributed by atoms with Gasteiger partial charge in [0.25, 0.3) is 0 Å². The summed E-state index contributed by atoms with van der Waals surface area (Å²) in [5, 5.41) is 2.95. The zero-order valence-electron chi connectivity index (χ0n) is 25.6. The molecule has 2 aromatic carbocycles. The number of nitrogens with zero attached hydrogens (tertiary/aromatic N) is 1. The molecule has 1 saturated heterocycles. The van der Waals surface area contributed by atoms with Crippen LogP contribution in [0.15, 0.2) is 60.7 Å². The quantitative estimate of drug-likeness (QED) is 0.273. The van der Waals surface area contributed by atoms with Crippen molar-refractivity contribution in [2.24, 2.45) is 17.6 Å². The number of carbonyl (C=O) groups is 4. The second kappa shape index (κ2) is 15.6. The first kappa shape index (κ1) is 33.0. The lowest BCUT2D eigenvalue weighted by atomic mass is 9.91. The van der Waals surface area contributed by atoms with Gasteiger partial charge in [0, 0.05) is 12.8 Å². The number of epoxide rings is 1. The molecule has 1 aliphatic rings. The van der Waals surface area contributed by atoms with Gasteiger partial charge in [0.2, 0.25) is 17.7 Å². The highest BCUT2D eigenvalue weighted by atomic mass is 16.6. The Kier molecular flexibility index (Phi) is 12.3. The second-order valence-electron chi connectivity index (χ2n) is 12.3. The molecule has 3 N–H and O–H groups in total. The molecule has 2 aromatic rings. The van der Waals surface area contributed by atoms with Crippen LogP contribution in [0.1, 0.15) is 71.4 Å². The van der Waals surface area contributed by atoms with Crippen molar-refractivity contribution in [3.05, 3.63) is 71.8 Å². The molecule has 1 heterocycles. The summed E-state index contributed by atoms with van der Waals surface area (Å²) in [6, 6.07) is 16.3. The molecule has 228 valence electrons. The van der Waals surface area contributed by atoms with Crippen LogP contribution in [-0.2, 0) is 36.8 Å². The van der Waals surface area contributed by atoms with Crippen LogP contribution in [0, 0.1) is 11.8 Å². The molecule has 0 radical (unpaired) electrons. The molecule has 1 unspecified atom stereocenters. The molecule has 1 fully saturated rings. The number of ether oxygens (including phenoxy) is 1. The van der Waals surface area contributed by atoms with Gasteiger partial charge in [-0.1, -0.05) is 88.4 Å². The predicted molar refractivity (Wildman–Crippen MR) is 163 cm³/mol. The van der Waals surface area contributed by atoms with E-state index in [2.05, 4.69) is 5.32 Å². The van der Waals surface area contributed by atoms with E-state index in [1.165, 1.54) is 4.90 Å². The zero-order valence-corrected chi connectivity index (χ0v) is 25.6. The van der Waals surface area contributed by atoms with Gasteiger partial charge in [-0.25, -0.2) is 0 Å². The van der Waals surface area contributed by atoms with Gasteiger partial charge in [-0.3, -0.25) is 19.2 Å². The zero-order chi connectivity index (χ0) is 30.8. The fraction of sp³-hybridized carbons (Fsp3) is 0.529. The smallest absolute Gasteiger partial charge is 0.246 e. The Labute approximate surface area is 250 Å². The van der Waals surface area contributed by atoms with Crippen molar-refractivity contribution in [2.45, 2.75) is 103 Å². The number of hydrogen-bond donors (Lipinski definition) is 2. The molecular formula is C34H47N3O5. The average molecular weight is 578 g/mol. The standard InChI is InChI=1S/C34H47N3O5/c1-22(2)19-27(36-30(38)18-12-17-25-13-8-6-9-14-25)34(41)37(28(20-23(3)4)31(39)32-24(5)42-32)29(33(35)40)21-26-15-10-7-11-16-26/h6-11,13-16,22-24,27-29,32H,12,17-21H2,1-5H3,(H2,35,40)(H,36,38)/t24-,27+,28+,29-,32?/m1/s1. The molecular weight excluding hydrogens is 530 g/mol. The summed E-state index contributed by atoms with van der Waals surface area (Å²) in [5.74, 6) is -1.53. The average Bonchev–Trinajstić information content (AvgIpc) is 3.68. The van der Waals surface area contributed by atoms with Crippen molar-refractivity contribution in [1.82, 2.24) is 10.2 Å². The van der Waals surface area contributed by atoms with Gasteiger partial charge in [-0.05, 0) is 55.6 Å². The molecule has 42 heavy (non-hydrogen) atoms. The van der Waals surface area contributed by atoms with E-state index in [1.54, 1.807) is 0 Å². The molecule has 0 aromatic heterocycles. The topological polar surface area (TPSA) is 122 Å². The fourth-order valence-corrected chi connectivity index (χ4v) is 5.42. The van der Waals surface area contributed by atoms with E-state index in [-0.39, 0.29) is 42.5 Å². The Morgan fingerprint density at radius 1 is 0.857 bits per heavy atom. The highest BCUT2D eigenvalue weighted by Gasteiger charge is 2.49. The van der Waals surface area contributed by atoms with E-state index in [0.717, 1.165) is 17.5 Å². The van der Waals surface area contributed by atoms with Crippen LogP contribution in [0.25, 0.3) is 0 Å². The van der Waals surface area contributed by atoms with Crippen molar-refractivity contribution in [2.75, 3.05) is 0 Å². The molecule has 8 heteroatoms. The number of Topliss-reactive ketones (excluding diaryl/α,β-unsaturated/α-hetero) is 1. The van der Waals surface area contributed by atoms with E-state index in [1.807, 2.05) is 95.3 Å². The third-order valence-electron chi connectivity index (χ3n) is 7.59. The number of primary amides is 1. The number of aryl methyl sites for hydroxylation is 1. The maximum absolute atomic E-state index is 14.5. The van der Waals surface area contributed by atoms with E-state index in [4.69, 9.17) is 10.5 Å². The number of benzene rings is 2. The normalized spacial score (nSPS) is 18.3. The van der Waals surface area contributed by atoms with Crippen molar-refractivity contribution in [3.8, 4) is 0 Å². The summed E-state index contributed by atoms with van der Waals surface area (Å²) >= 11 is 0. The van der Waals surface area contributed by atoms with Gasteiger partial charge in [-0.15, -0.1) is 0 Å². The van der Waals surface area contributed by atoms with Crippen LogP contribution in [-0.4, -0.2) is 58.7 Å². The maximum atomic E-state index is 14.5. The summed E-state index contributed by atoms with van der Waals surface area (Å²) in [6.45, 7) is 9.69. The SMILES string of the molecule is CC(C)C[C@H](NC(=O)CCCc1ccccc1)C(=O)N([C@H](Cc1ccccc1)C(N)=O)[C@@H](CC(C)C)C(=O)C1O[C@@H]1C. The molecule has 8 nitrogen and oxygen atoms in total. The summed E-state index contributed by atoms with van der Waals surface area (Å²) in [4.78, 5) is 55.8. The minimum absolute atomic E-state index is 0.0460. The van der Waals surface area contributed by atoms with E-state index in [0.29, 0.717) is 19.3 Å². The summed E-state index contributed by atoms with van der Waals surface area (Å²) in [6.07, 6.45) is 1.60. The summed E-state index contributed by atoms with van der Waals surface area (Å²) in [7, 11) is 0. The third-order valence-corrected chi connectivity index (χ3v) is 7.59. The van der Waals surface area contributed by atoms with Crippen LogP contribution < -0.4 is 11.1 Å². The van der Waals surface area contributed by atoms with E-state index < -0.39 is 36.0 Å². The van der Waals surface area contributed by atoms with Crippen LogP contribution in [0.4, 0.5) is 0 Å². The first-order valence-corrected chi connectivity index (χ1v) is 15.2. The summed E-state index contributed by atoms with van der Waals surface area (Å²) < 4.78 is 5.53. The van der Waals surface area contributed by atoms with Gasteiger partial charge < -0.3 is 20.7 Å². The molecule has 0 spiro atoms. The van der Waals surface area contributed by atoms with Gasteiger partial charge >= 0.3 is 0 Å². The van der Waals surface area contributed by atoms with Crippen molar-refractivity contribution >= 4 is 23.5 Å². The number of ketones is 1. The second-order valence-corrected chi connectivity index (χ2v) is 12.3. The highest BCUT2D eigenvalue weighted by Crippen LogP contribution is 2.29. The Morgan fingerprint density at radius 3 is 1.90 bits per heavy atom. The Balaban J connectivity index is 1.92. The Bertz CT molecular complexity index is 1180. The lowest BCUT2D eigenvalue weighted by Gasteiger charge is -2.39. The molecule has 0 aliphatic carbocycles. The molecule has 1 aliphatic heterocycles. The van der Waals surface area contributed by atoms with Gasteiger partial charge in [0.05, 0.1) is 12.1 Å².